The van der Waals surface area contributed by atoms with Crippen molar-refractivity contribution in [1.29, 1.82) is 0 Å². The molecule has 0 atom stereocenters. The molecule has 1 aliphatic heterocycles. The summed E-state index contributed by atoms with van der Waals surface area (Å²) in [6.07, 6.45) is 0. The normalized spacial score (nSPS) is 24.6. The van der Waals surface area contributed by atoms with E-state index in [4.69, 9.17) is 0 Å². The Balaban J connectivity index is 2.43. The van der Waals surface area contributed by atoms with Gasteiger partial charge in [0.25, 0.3) is 0 Å². The molecule has 1 fully saturated rings. The largest absolute Gasteiger partial charge is 0.381 e. The van der Waals surface area contributed by atoms with Gasteiger partial charge in [0.2, 0.25) is 0 Å². The van der Waals surface area contributed by atoms with Crippen LogP contribution in [0, 0.1) is 0 Å². The molecule has 0 unspecified atom stereocenters. The molecule has 0 bridgehead atoms. The number of amides is 2. The predicted molar refractivity (Wildman–Crippen MR) is 30.4 cm³/mol. The molecule has 1 aliphatic rings. The highest BCUT2D eigenvalue weighted by Gasteiger charge is 2.40. The maximum Gasteiger partial charge on any atom is 0.381 e. The van der Waals surface area contributed by atoms with Gasteiger partial charge in [0.1, 0.15) is 0 Å². The fraction of sp³-hybridized carbons (Fsp3) is 0.667. The fourth-order valence-corrected chi connectivity index (χ4v) is 1.52. The van der Waals surface area contributed by atoms with Crippen LogP contribution in [0.4, 0.5) is 4.79 Å². The average Bonchev–Trinajstić information content (AvgIpc) is 1.27. The summed E-state index contributed by atoms with van der Waals surface area (Å²) in [5.74, 6) is 0. The smallest absolute Gasteiger partial charge is 0.242 e. The predicted octanol–water partition coefficient (Wildman–Crippen LogP) is 0.406. The summed E-state index contributed by atoms with van der Waals surface area (Å²) in [5, 5.41) is 5.49. The van der Waals surface area contributed by atoms with E-state index < -0.39 is 7.56 Å². The van der Waals surface area contributed by atoms with Gasteiger partial charge < -0.3 is 0 Å². The first kappa shape index (κ1) is 4.85. The molecule has 1 heterocycles. The first-order valence-corrected chi connectivity index (χ1v) is 4.73. The number of carbonyl (C=O) groups is 1. The van der Waals surface area contributed by atoms with Crippen molar-refractivity contribution < 1.29 is 4.79 Å². The molecule has 0 spiro atoms. The number of carbonyl (C=O) groups excluding carboxylic acids is 1. The van der Waals surface area contributed by atoms with Crippen molar-refractivity contribution in [2.75, 3.05) is 13.3 Å². The molecule has 4 heteroatoms. The van der Waals surface area contributed by atoms with Gasteiger partial charge >= 0.3 is 6.03 Å². The van der Waals surface area contributed by atoms with Crippen LogP contribution in [0.15, 0.2) is 0 Å². The van der Waals surface area contributed by atoms with Gasteiger partial charge in [-0.25, -0.2) is 4.79 Å². The van der Waals surface area contributed by atoms with E-state index in [-0.39, 0.29) is 6.03 Å². The van der Waals surface area contributed by atoms with Crippen molar-refractivity contribution in [1.82, 2.24) is 10.2 Å². The van der Waals surface area contributed by atoms with Gasteiger partial charge in [-0.15, -0.1) is 0 Å². The highest BCUT2D eigenvalue weighted by atomic mass is 31.2. The maximum absolute atomic E-state index is 10.1. The quantitative estimate of drug-likeness (QED) is 0.445. The monoisotopic (exact) mass is 119 g/mol. The van der Waals surface area contributed by atoms with Crippen LogP contribution < -0.4 is 10.2 Å². The van der Waals surface area contributed by atoms with Crippen LogP contribution in [-0.4, -0.2) is 19.4 Å². The summed E-state index contributed by atoms with van der Waals surface area (Å²) in [6, 6.07) is -0.0293. The van der Waals surface area contributed by atoms with E-state index in [0.29, 0.717) is 0 Å². The van der Waals surface area contributed by atoms with E-state index in [1.807, 2.05) is 13.3 Å². The van der Waals surface area contributed by atoms with Crippen molar-refractivity contribution in [3.05, 3.63) is 0 Å². The minimum Gasteiger partial charge on any atom is -0.242 e. The summed E-state index contributed by atoms with van der Waals surface area (Å²) >= 11 is 0. The molecule has 40 valence electrons. The number of hydrogen-bond donors (Lipinski definition) is 2. The van der Waals surface area contributed by atoms with E-state index >= 15 is 0 Å². The Morgan fingerprint density at radius 1 is 1.43 bits per heavy atom. The first-order valence-electron chi connectivity index (χ1n) is 2.05. The summed E-state index contributed by atoms with van der Waals surface area (Å²) in [4.78, 5) is 10.1. The van der Waals surface area contributed by atoms with Crippen molar-refractivity contribution in [3.63, 3.8) is 0 Å². The van der Waals surface area contributed by atoms with Crippen molar-refractivity contribution >= 4 is 13.6 Å². The molecular weight excluding hydrogens is 111 g/mol. The van der Waals surface area contributed by atoms with Crippen LogP contribution >= 0.6 is 7.56 Å². The molecule has 7 heavy (non-hydrogen) atoms. The third-order valence-electron chi connectivity index (χ3n) is 0.762. The highest BCUT2D eigenvalue weighted by molar-refractivity contribution is 7.74. The second-order valence-electron chi connectivity index (χ2n) is 2.01. The number of hydrogen-bond acceptors (Lipinski definition) is 1. The lowest BCUT2D eigenvalue weighted by Gasteiger charge is -2.26. The van der Waals surface area contributed by atoms with Gasteiger partial charge in [-0.05, 0) is 0 Å². The van der Waals surface area contributed by atoms with Crippen LogP contribution in [0.2, 0.25) is 0 Å². The Kier molecular flexibility index (Phi) is 0.762. The minimum atomic E-state index is -1.12. The molecule has 3 nitrogen and oxygen atoms in total. The third-order valence-corrected chi connectivity index (χ3v) is 2.29. The lowest BCUT2D eigenvalue weighted by molar-refractivity contribution is 0.247. The first-order chi connectivity index (χ1) is 3.10. The van der Waals surface area contributed by atoms with E-state index in [9.17, 15) is 4.79 Å². The van der Waals surface area contributed by atoms with Crippen LogP contribution in [0.3, 0.4) is 0 Å². The second kappa shape index (κ2) is 1.10. The number of nitrogens with one attached hydrogen (secondary N) is 2. The Morgan fingerprint density at radius 3 is 1.86 bits per heavy atom. The molecule has 1 rings (SSSR count). The Morgan fingerprint density at radius 2 is 1.86 bits per heavy atom. The summed E-state index contributed by atoms with van der Waals surface area (Å²) in [7, 11) is -1.12. The summed E-state index contributed by atoms with van der Waals surface area (Å²) in [6.45, 7) is 4.02. The molecule has 0 aromatic heterocycles. The third kappa shape index (κ3) is 0.829. The molecular formula is C3H8N2OP+. The van der Waals surface area contributed by atoms with Crippen LogP contribution in [0.1, 0.15) is 0 Å². The van der Waals surface area contributed by atoms with Gasteiger partial charge in [-0.2, -0.15) is 10.2 Å². The van der Waals surface area contributed by atoms with Crippen LogP contribution in [0.5, 0.6) is 0 Å². The van der Waals surface area contributed by atoms with E-state index in [0.717, 1.165) is 0 Å². The molecule has 0 aromatic rings. The summed E-state index contributed by atoms with van der Waals surface area (Å²) < 4.78 is 0. The topological polar surface area (TPSA) is 41.1 Å². The van der Waals surface area contributed by atoms with Gasteiger partial charge in [0.15, 0.2) is 7.56 Å². The lowest BCUT2D eigenvalue weighted by atomic mass is 11.2. The van der Waals surface area contributed by atoms with Gasteiger partial charge in [-0.1, -0.05) is 0 Å². The standard InChI is InChI=1S/C3H7N2OP/c1-7(2)4-3(6)5-7/h1-2H3,(H-,4,5,6)/p+1. The molecule has 1 saturated heterocycles. The number of urea groups is 1. The zero-order valence-electron chi connectivity index (χ0n) is 4.36. The van der Waals surface area contributed by atoms with E-state index in [1.54, 1.807) is 0 Å². The SMILES string of the molecule is C[P+]1(C)NC(=O)N1. The Hall–Kier alpha value is -0.300. The zero-order valence-corrected chi connectivity index (χ0v) is 5.25. The van der Waals surface area contributed by atoms with Crippen LogP contribution in [0.25, 0.3) is 0 Å². The van der Waals surface area contributed by atoms with E-state index in [2.05, 4.69) is 10.2 Å². The van der Waals surface area contributed by atoms with Crippen molar-refractivity contribution in [2.24, 2.45) is 0 Å². The van der Waals surface area contributed by atoms with Gasteiger partial charge in [0, 0.05) is 0 Å². The lowest BCUT2D eigenvalue weighted by Crippen LogP contribution is -2.49. The minimum absolute atomic E-state index is 0.0293. The van der Waals surface area contributed by atoms with E-state index in [1.165, 1.54) is 0 Å². The highest BCUT2D eigenvalue weighted by Crippen LogP contribution is 2.46. The molecule has 2 N–H and O–H groups in total. The van der Waals surface area contributed by atoms with Gasteiger partial charge in [0.05, 0.1) is 13.3 Å². The molecule has 0 saturated carbocycles. The Labute approximate surface area is 42.9 Å². The zero-order chi connectivity index (χ0) is 5.49. The fourth-order valence-electron chi connectivity index (χ4n) is 0.508. The molecule has 0 radical (unpaired) electrons. The number of rotatable bonds is 0. The molecule has 0 aromatic carbocycles. The van der Waals surface area contributed by atoms with Crippen molar-refractivity contribution in [3.8, 4) is 0 Å². The summed E-state index contributed by atoms with van der Waals surface area (Å²) in [5.41, 5.74) is 0. The second-order valence-corrected chi connectivity index (χ2v) is 5.36. The Bertz CT molecular complexity index is 102. The van der Waals surface area contributed by atoms with Crippen molar-refractivity contribution in [2.45, 2.75) is 0 Å². The molecule has 2 amide bonds. The van der Waals surface area contributed by atoms with Crippen LogP contribution in [-0.2, 0) is 0 Å². The molecule has 0 aliphatic carbocycles. The van der Waals surface area contributed by atoms with Gasteiger partial charge in [-0.3, -0.25) is 0 Å². The maximum atomic E-state index is 10.1. The average molecular weight is 119 g/mol.